The van der Waals surface area contributed by atoms with Crippen molar-refractivity contribution in [1.82, 2.24) is 0 Å². The molecule has 0 bridgehead atoms. The maximum absolute atomic E-state index is 13.2. The van der Waals surface area contributed by atoms with Gasteiger partial charge in [0.1, 0.15) is 0 Å². The zero-order valence-electron chi connectivity index (χ0n) is 21.0. The number of halogens is 6. The van der Waals surface area contributed by atoms with E-state index in [9.17, 15) is 31.1 Å². The Morgan fingerprint density at radius 1 is 0.789 bits per heavy atom. The number of carbonyl (C=O) groups is 1. The van der Waals surface area contributed by atoms with Gasteiger partial charge in [0.15, 0.2) is 0 Å². The number of aliphatic hydroxyl groups excluding tert-OH is 1. The molecule has 2 aliphatic rings. The van der Waals surface area contributed by atoms with Gasteiger partial charge in [-0.2, -0.15) is 26.3 Å². The van der Waals surface area contributed by atoms with Gasteiger partial charge in [0.25, 0.3) is 0 Å². The fourth-order valence-corrected chi connectivity index (χ4v) is 4.67. The quantitative estimate of drug-likeness (QED) is 0.312. The molecule has 0 saturated heterocycles. The van der Waals surface area contributed by atoms with Crippen LogP contribution in [-0.2, 0) is 23.7 Å². The summed E-state index contributed by atoms with van der Waals surface area (Å²) >= 11 is 0. The number of carbonyl (C=O) groups excluding carboxylic acids is 1. The van der Waals surface area contributed by atoms with Crippen molar-refractivity contribution in [2.24, 2.45) is 0 Å². The van der Waals surface area contributed by atoms with Gasteiger partial charge in [-0.15, -0.1) is 0 Å². The maximum Gasteiger partial charge on any atom is 0.417 e. The number of hydrogen-bond acceptors (Lipinski definition) is 3. The number of hydrogen-bond donors (Lipinski definition) is 1. The lowest BCUT2D eigenvalue weighted by Gasteiger charge is -2.19. The number of rotatable bonds is 4. The molecule has 3 nitrogen and oxygen atoms in total. The lowest BCUT2D eigenvalue weighted by Crippen LogP contribution is -2.12. The van der Waals surface area contributed by atoms with E-state index in [1.165, 1.54) is 18.2 Å². The summed E-state index contributed by atoms with van der Waals surface area (Å²) in [5.41, 5.74) is 0.723. The van der Waals surface area contributed by atoms with E-state index in [-0.39, 0.29) is 23.3 Å². The van der Waals surface area contributed by atoms with Gasteiger partial charge in [-0.25, -0.2) is 4.79 Å². The molecule has 0 fully saturated rings. The number of allylic oxidation sites excluding steroid dienone is 4. The Kier molecular flexibility index (Phi) is 9.82. The molecule has 0 saturated carbocycles. The smallest absolute Gasteiger partial charge is 0.417 e. The van der Waals surface area contributed by atoms with E-state index in [0.29, 0.717) is 24.0 Å². The molecule has 0 amide bonds. The van der Waals surface area contributed by atoms with E-state index < -0.39 is 29.4 Å². The molecule has 0 aliphatic heterocycles. The molecule has 38 heavy (non-hydrogen) atoms. The van der Waals surface area contributed by atoms with E-state index in [4.69, 9.17) is 5.11 Å². The highest BCUT2D eigenvalue weighted by atomic mass is 19.4. The van der Waals surface area contributed by atoms with Crippen LogP contribution >= 0.6 is 0 Å². The van der Waals surface area contributed by atoms with Gasteiger partial charge in [0.05, 0.1) is 30.4 Å². The van der Waals surface area contributed by atoms with Crippen molar-refractivity contribution < 1.29 is 41.0 Å². The lowest BCUT2D eigenvalue weighted by atomic mass is 9.89. The molecule has 2 aromatic rings. The van der Waals surface area contributed by atoms with Gasteiger partial charge in [0, 0.05) is 0 Å². The molecule has 0 spiro atoms. The number of ether oxygens (including phenoxy) is 1. The first-order chi connectivity index (χ1) is 18.0. The minimum Gasteiger partial charge on any atom is -0.465 e. The van der Waals surface area contributed by atoms with Crippen molar-refractivity contribution in [2.45, 2.75) is 70.3 Å². The Balaban J connectivity index is 0.000000212. The monoisotopic (exact) mass is 540 g/mol. The van der Waals surface area contributed by atoms with Crippen LogP contribution < -0.4 is 0 Å². The molecule has 1 N–H and O–H groups in total. The van der Waals surface area contributed by atoms with Crippen molar-refractivity contribution in [3.63, 3.8) is 0 Å². The van der Waals surface area contributed by atoms with Crippen LogP contribution in [-0.4, -0.2) is 18.2 Å². The van der Waals surface area contributed by atoms with Crippen molar-refractivity contribution in [1.29, 1.82) is 0 Å². The third kappa shape index (κ3) is 7.49. The van der Waals surface area contributed by atoms with Crippen LogP contribution in [0.1, 0.15) is 89.5 Å². The third-order valence-electron chi connectivity index (χ3n) is 6.59. The van der Waals surface area contributed by atoms with Gasteiger partial charge in [-0.3, -0.25) is 0 Å². The molecule has 0 aromatic heterocycles. The van der Waals surface area contributed by atoms with E-state index in [1.54, 1.807) is 6.07 Å². The lowest BCUT2D eigenvalue weighted by molar-refractivity contribution is -0.138. The molecule has 9 heteroatoms. The maximum atomic E-state index is 13.2. The summed E-state index contributed by atoms with van der Waals surface area (Å²) in [7, 11) is 1.15. The van der Waals surface area contributed by atoms with Crippen LogP contribution in [0.4, 0.5) is 26.3 Å². The highest BCUT2D eigenvalue weighted by Crippen LogP contribution is 2.39. The summed E-state index contributed by atoms with van der Waals surface area (Å²) in [4.78, 5) is 11.4. The number of alkyl halides is 6. The minimum absolute atomic E-state index is 0.0833. The molecule has 4 rings (SSSR count). The van der Waals surface area contributed by atoms with Gasteiger partial charge >= 0.3 is 18.3 Å². The van der Waals surface area contributed by atoms with Gasteiger partial charge in [-0.1, -0.05) is 30.4 Å². The van der Waals surface area contributed by atoms with E-state index >= 15 is 0 Å². The Labute approximate surface area is 217 Å². The predicted molar refractivity (Wildman–Crippen MR) is 133 cm³/mol. The molecular weight excluding hydrogens is 510 g/mol. The fraction of sp³-hybridized carbons (Fsp3) is 0.414. The molecule has 0 heterocycles. The van der Waals surface area contributed by atoms with E-state index in [2.05, 4.69) is 4.74 Å². The zero-order valence-corrected chi connectivity index (χ0v) is 21.0. The number of benzene rings is 2. The van der Waals surface area contributed by atoms with Crippen LogP contribution in [0.15, 0.2) is 48.6 Å². The minimum atomic E-state index is -4.49. The van der Waals surface area contributed by atoms with Crippen molar-refractivity contribution in [3.05, 3.63) is 81.9 Å². The Hall–Kier alpha value is -3.07. The van der Waals surface area contributed by atoms with E-state index in [0.717, 1.165) is 63.3 Å². The van der Waals surface area contributed by atoms with Crippen LogP contribution in [0.25, 0.3) is 11.1 Å². The van der Waals surface area contributed by atoms with Gasteiger partial charge < -0.3 is 9.84 Å². The Bertz CT molecular complexity index is 1190. The molecule has 2 aromatic carbocycles. The number of esters is 1. The largest absolute Gasteiger partial charge is 0.465 e. The molecule has 2 aliphatic carbocycles. The van der Waals surface area contributed by atoms with Crippen molar-refractivity contribution >= 4 is 17.1 Å². The van der Waals surface area contributed by atoms with Crippen LogP contribution in [0, 0.1) is 0 Å². The zero-order chi connectivity index (χ0) is 27.9. The SMILES string of the molecule is COC(=O)c1ccc(C2=CCCCC2)c(C(F)(F)F)c1.OCc1ccc(C2=CCCCC2)c(C(F)(F)F)c1. The first-order valence-electron chi connectivity index (χ1n) is 12.4. The van der Waals surface area contributed by atoms with Crippen LogP contribution in [0.2, 0.25) is 0 Å². The fourth-order valence-electron chi connectivity index (χ4n) is 4.67. The van der Waals surface area contributed by atoms with Crippen molar-refractivity contribution in [2.75, 3.05) is 7.11 Å². The number of methoxy groups -OCH3 is 1. The summed E-state index contributed by atoms with van der Waals surface area (Å²) < 4.78 is 83.0. The molecular formula is C29H30F6O3. The normalized spacial score (nSPS) is 16.1. The van der Waals surface area contributed by atoms with Crippen LogP contribution in [0.5, 0.6) is 0 Å². The summed E-state index contributed by atoms with van der Waals surface area (Å²) in [6, 6.07) is 7.70. The Morgan fingerprint density at radius 2 is 1.29 bits per heavy atom. The van der Waals surface area contributed by atoms with Crippen LogP contribution in [0.3, 0.4) is 0 Å². The standard InChI is InChI=1S/C15H15F3O2.C14H15F3O/c1-20-14(19)11-7-8-12(10-5-3-2-4-6-10)13(9-11)15(16,17)18;15-14(16,17)13-8-10(9-18)6-7-12(13)11-4-2-1-3-5-11/h5,7-9H,2-4,6H2,1H3;4,6-8,18H,1-3,5,9H2. The molecule has 206 valence electrons. The van der Waals surface area contributed by atoms with Crippen molar-refractivity contribution in [3.8, 4) is 0 Å². The second-order valence-corrected chi connectivity index (χ2v) is 9.24. The van der Waals surface area contributed by atoms with E-state index in [1.807, 2.05) is 12.2 Å². The number of aliphatic hydroxyl groups is 1. The second-order valence-electron chi connectivity index (χ2n) is 9.24. The predicted octanol–water partition coefficient (Wildman–Crippen LogP) is 8.60. The summed E-state index contributed by atoms with van der Waals surface area (Å²) in [5, 5.41) is 8.95. The molecule has 0 radical (unpaired) electrons. The van der Waals surface area contributed by atoms with Gasteiger partial charge in [0.2, 0.25) is 0 Å². The highest BCUT2D eigenvalue weighted by molar-refractivity contribution is 5.90. The topological polar surface area (TPSA) is 46.5 Å². The summed E-state index contributed by atoms with van der Waals surface area (Å²) in [5.74, 6) is -0.764. The first kappa shape index (κ1) is 29.5. The molecule has 0 atom stereocenters. The first-order valence-corrected chi connectivity index (χ1v) is 12.4. The average molecular weight is 541 g/mol. The third-order valence-corrected chi connectivity index (χ3v) is 6.59. The molecule has 0 unspecified atom stereocenters. The Morgan fingerprint density at radius 3 is 1.71 bits per heavy atom. The summed E-state index contributed by atoms with van der Waals surface area (Å²) in [6.45, 7) is -0.373. The summed E-state index contributed by atoms with van der Waals surface area (Å²) in [6.07, 6.45) is 1.73. The highest BCUT2D eigenvalue weighted by Gasteiger charge is 2.35. The van der Waals surface area contributed by atoms with Gasteiger partial charge in [-0.05, 0) is 97.4 Å². The average Bonchev–Trinajstić information content (AvgIpc) is 2.92. The second kappa shape index (κ2) is 12.7.